The molecule has 1 aromatic rings. The van der Waals surface area contributed by atoms with Gasteiger partial charge in [-0.1, -0.05) is 63.4 Å². The van der Waals surface area contributed by atoms with E-state index in [2.05, 4.69) is 49.1 Å². The van der Waals surface area contributed by atoms with Crippen LogP contribution in [0.3, 0.4) is 0 Å². The van der Waals surface area contributed by atoms with Gasteiger partial charge in [-0.2, -0.15) is 0 Å². The fraction of sp³-hybridized carbons (Fsp3) is 0.667. The molecule has 1 fully saturated rings. The highest BCUT2D eigenvalue weighted by Crippen LogP contribution is 2.39. The Balaban J connectivity index is 2.24. The minimum Gasteiger partial charge on any atom is -0.294 e. The molecule has 0 aliphatic carbocycles. The highest BCUT2D eigenvalue weighted by atomic mass is 15.2. The van der Waals surface area contributed by atoms with Gasteiger partial charge in [0.2, 0.25) is 0 Å². The van der Waals surface area contributed by atoms with Crippen LogP contribution in [0, 0.1) is 0 Å². The van der Waals surface area contributed by atoms with Crippen LogP contribution in [0.5, 0.6) is 0 Å². The van der Waals surface area contributed by atoms with Crippen molar-refractivity contribution in [3.63, 3.8) is 0 Å². The van der Waals surface area contributed by atoms with Gasteiger partial charge in [-0.05, 0) is 44.3 Å². The van der Waals surface area contributed by atoms with Crippen LogP contribution in [-0.4, -0.2) is 18.0 Å². The summed E-state index contributed by atoms with van der Waals surface area (Å²) in [5.74, 6) is 0. The van der Waals surface area contributed by atoms with Gasteiger partial charge < -0.3 is 0 Å². The Labute approximate surface area is 119 Å². The number of unbranched alkanes of at least 4 members (excludes halogenated alkanes) is 2. The van der Waals surface area contributed by atoms with Gasteiger partial charge in [0.05, 0.1) is 0 Å². The third-order valence-corrected chi connectivity index (χ3v) is 4.80. The quantitative estimate of drug-likeness (QED) is 0.625. The van der Waals surface area contributed by atoms with Crippen molar-refractivity contribution in [2.24, 2.45) is 0 Å². The molecule has 1 aliphatic heterocycles. The average Bonchev–Trinajstić information content (AvgIpc) is 3.00. The van der Waals surface area contributed by atoms with Gasteiger partial charge in [0.25, 0.3) is 0 Å². The molecule has 19 heavy (non-hydrogen) atoms. The monoisotopic (exact) mass is 259 g/mol. The molecule has 1 nitrogen and oxygen atoms in total. The summed E-state index contributed by atoms with van der Waals surface area (Å²) in [5, 5.41) is 0. The lowest BCUT2D eigenvalue weighted by Crippen LogP contribution is -2.44. The second kappa shape index (κ2) is 7.09. The van der Waals surface area contributed by atoms with E-state index in [4.69, 9.17) is 0 Å². The SMILES string of the molecule is CCCCCC(CC)(c1ccccc1)N1CCCC1. The predicted molar refractivity (Wildman–Crippen MR) is 83.4 cm³/mol. The normalized spacial score (nSPS) is 19.5. The summed E-state index contributed by atoms with van der Waals surface area (Å²) in [4.78, 5) is 2.76. The minimum atomic E-state index is 0.299. The maximum absolute atomic E-state index is 2.76. The summed E-state index contributed by atoms with van der Waals surface area (Å²) in [5.41, 5.74) is 1.84. The van der Waals surface area contributed by atoms with Crippen LogP contribution in [-0.2, 0) is 5.54 Å². The van der Waals surface area contributed by atoms with E-state index in [-0.39, 0.29) is 0 Å². The Bertz CT molecular complexity index is 353. The molecule has 1 aliphatic rings. The van der Waals surface area contributed by atoms with E-state index < -0.39 is 0 Å². The molecule has 0 saturated carbocycles. The summed E-state index contributed by atoms with van der Waals surface area (Å²) in [7, 11) is 0. The first-order chi connectivity index (χ1) is 9.33. The summed E-state index contributed by atoms with van der Waals surface area (Å²) < 4.78 is 0. The molecule has 2 rings (SSSR count). The standard InChI is InChI=1S/C18H29N/c1-3-5-9-14-18(4-2,19-15-10-11-16-19)17-12-7-6-8-13-17/h6-8,12-13H,3-5,9-11,14-16H2,1-2H3. The Morgan fingerprint density at radius 3 is 2.26 bits per heavy atom. The molecule has 0 amide bonds. The number of rotatable bonds is 7. The molecule has 0 N–H and O–H groups in total. The van der Waals surface area contributed by atoms with Gasteiger partial charge in [0.1, 0.15) is 0 Å². The first-order valence-corrected chi connectivity index (χ1v) is 8.14. The van der Waals surface area contributed by atoms with Crippen molar-refractivity contribution in [2.45, 2.75) is 64.3 Å². The van der Waals surface area contributed by atoms with Gasteiger partial charge in [0, 0.05) is 5.54 Å². The lowest BCUT2D eigenvalue weighted by Gasteiger charge is -2.42. The van der Waals surface area contributed by atoms with E-state index in [1.165, 1.54) is 63.6 Å². The van der Waals surface area contributed by atoms with Gasteiger partial charge >= 0.3 is 0 Å². The molecule has 0 bridgehead atoms. The summed E-state index contributed by atoms with van der Waals surface area (Å²) in [6.07, 6.45) is 9.35. The van der Waals surface area contributed by atoms with Crippen molar-refractivity contribution >= 4 is 0 Å². The Morgan fingerprint density at radius 2 is 1.68 bits per heavy atom. The van der Waals surface area contributed by atoms with E-state index in [9.17, 15) is 0 Å². The maximum atomic E-state index is 2.76. The van der Waals surface area contributed by atoms with Crippen molar-refractivity contribution < 1.29 is 0 Å². The van der Waals surface area contributed by atoms with Crippen molar-refractivity contribution in [3.05, 3.63) is 35.9 Å². The molecular weight excluding hydrogens is 230 g/mol. The summed E-state index contributed by atoms with van der Waals surface area (Å²) >= 11 is 0. The maximum Gasteiger partial charge on any atom is 0.0458 e. The van der Waals surface area contributed by atoms with Crippen molar-refractivity contribution in [3.8, 4) is 0 Å². The molecule has 1 heterocycles. The Morgan fingerprint density at radius 1 is 1.00 bits per heavy atom. The first-order valence-electron chi connectivity index (χ1n) is 8.14. The van der Waals surface area contributed by atoms with E-state index in [0.717, 1.165) is 0 Å². The van der Waals surface area contributed by atoms with Crippen LogP contribution in [0.1, 0.15) is 64.4 Å². The van der Waals surface area contributed by atoms with E-state index in [1.54, 1.807) is 0 Å². The van der Waals surface area contributed by atoms with Crippen molar-refractivity contribution in [1.82, 2.24) is 4.90 Å². The third kappa shape index (κ3) is 3.20. The number of hydrogen-bond acceptors (Lipinski definition) is 1. The van der Waals surface area contributed by atoms with Crippen LogP contribution in [0.25, 0.3) is 0 Å². The minimum absolute atomic E-state index is 0.299. The fourth-order valence-electron chi connectivity index (χ4n) is 3.65. The smallest absolute Gasteiger partial charge is 0.0458 e. The fourth-order valence-corrected chi connectivity index (χ4v) is 3.65. The molecule has 0 aromatic heterocycles. The molecule has 1 aromatic carbocycles. The molecule has 1 unspecified atom stereocenters. The zero-order valence-corrected chi connectivity index (χ0v) is 12.7. The second-order valence-corrected chi connectivity index (χ2v) is 5.90. The number of nitrogens with zero attached hydrogens (tertiary/aromatic N) is 1. The molecule has 0 radical (unpaired) electrons. The third-order valence-electron chi connectivity index (χ3n) is 4.80. The molecular formula is C18H29N. The largest absolute Gasteiger partial charge is 0.294 e. The van der Waals surface area contributed by atoms with Crippen molar-refractivity contribution in [1.29, 1.82) is 0 Å². The van der Waals surface area contributed by atoms with Crippen LogP contribution < -0.4 is 0 Å². The van der Waals surface area contributed by atoms with E-state index in [0.29, 0.717) is 5.54 Å². The van der Waals surface area contributed by atoms with E-state index in [1.807, 2.05) is 0 Å². The predicted octanol–water partition coefficient (Wildman–Crippen LogP) is 4.97. The lowest BCUT2D eigenvalue weighted by atomic mass is 9.81. The van der Waals surface area contributed by atoms with Gasteiger partial charge in [0.15, 0.2) is 0 Å². The van der Waals surface area contributed by atoms with Crippen LogP contribution in [0.2, 0.25) is 0 Å². The molecule has 1 saturated heterocycles. The van der Waals surface area contributed by atoms with Gasteiger partial charge in [-0.15, -0.1) is 0 Å². The van der Waals surface area contributed by atoms with Crippen LogP contribution in [0.4, 0.5) is 0 Å². The number of likely N-dealkylation sites (tertiary alicyclic amines) is 1. The van der Waals surface area contributed by atoms with Crippen LogP contribution in [0.15, 0.2) is 30.3 Å². The van der Waals surface area contributed by atoms with E-state index >= 15 is 0 Å². The summed E-state index contributed by atoms with van der Waals surface area (Å²) in [6.45, 7) is 7.24. The van der Waals surface area contributed by atoms with Crippen LogP contribution >= 0.6 is 0 Å². The Kier molecular flexibility index (Phi) is 5.45. The summed E-state index contributed by atoms with van der Waals surface area (Å²) in [6, 6.07) is 11.2. The average molecular weight is 259 g/mol. The molecule has 1 atom stereocenters. The number of hydrogen-bond donors (Lipinski definition) is 0. The second-order valence-electron chi connectivity index (χ2n) is 5.90. The first kappa shape index (κ1) is 14.6. The zero-order valence-electron chi connectivity index (χ0n) is 12.7. The Hall–Kier alpha value is -0.820. The molecule has 106 valence electrons. The highest BCUT2D eigenvalue weighted by Gasteiger charge is 2.37. The number of benzene rings is 1. The van der Waals surface area contributed by atoms with Gasteiger partial charge in [-0.3, -0.25) is 4.90 Å². The zero-order chi connectivity index (χ0) is 13.6. The highest BCUT2D eigenvalue weighted by molar-refractivity contribution is 5.25. The van der Waals surface area contributed by atoms with Crippen molar-refractivity contribution in [2.75, 3.05) is 13.1 Å². The molecule has 0 spiro atoms. The molecule has 1 heteroatoms. The van der Waals surface area contributed by atoms with Gasteiger partial charge in [-0.25, -0.2) is 0 Å². The lowest BCUT2D eigenvalue weighted by molar-refractivity contribution is 0.0953. The topological polar surface area (TPSA) is 3.24 Å².